The van der Waals surface area contributed by atoms with Crippen LogP contribution in [0.1, 0.15) is 37.0 Å². The van der Waals surface area contributed by atoms with E-state index >= 15 is 0 Å². The summed E-state index contributed by atoms with van der Waals surface area (Å²) in [4.78, 5) is 19.9. The van der Waals surface area contributed by atoms with E-state index in [2.05, 4.69) is 15.3 Å². The molecule has 0 radical (unpaired) electrons. The first kappa shape index (κ1) is 12.4. The summed E-state index contributed by atoms with van der Waals surface area (Å²) in [7, 11) is 0. The van der Waals surface area contributed by atoms with Gasteiger partial charge in [0.2, 0.25) is 5.88 Å². The van der Waals surface area contributed by atoms with Gasteiger partial charge in [-0.05, 0) is 27.7 Å². The van der Waals surface area contributed by atoms with Crippen LogP contribution in [0.5, 0.6) is 5.88 Å². The predicted molar refractivity (Wildman–Crippen MR) is 60.5 cm³/mol. The molecule has 0 aliphatic rings. The normalized spacial score (nSPS) is 10.3. The Kier molecular flexibility index (Phi) is 4.22. The van der Waals surface area contributed by atoms with Gasteiger partial charge < -0.3 is 10.1 Å². The lowest BCUT2D eigenvalue weighted by molar-refractivity contribution is 0.0938. The zero-order valence-corrected chi connectivity index (χ0v) is 10.1. The Bertz CT molecular complexity index is 377. The van der Waals surface area contributed by atoms with Crippen molar-refractivity contribution < 1.29 is 9.53 Å². The molecule has 0 saturated carbocycles. The maximum Gasteiger partial charge on any atom is 0.258 e. The Morgan fingerprint density at radius 1 is 1.56 bits per heavy atom. The summed E-state index contributed by atoms with van der Waals surface area (Å²) in [5.74, 6) is 0.719. The second-order valence-electron chi connectivity index (χ2n) is 3.70. The van der Waals surface area contributed by atoms with Gasteiger partial charge in [-0.2, -0.15) is 4.98 Å². The molecule has 16 heavy (non-hydrogen) atoms. The van der Waals surface area contributed by atoms with E-state index in [4.69, 9.17) is 4.74 Å². The molecule has 0 unspecified atom stereocenters. The van der Waals surface area contributed by atoms with Crippen LogP contribution in [0.15, 0.2) is 6.20 Å². The zero-order chi connectivity index (χ0) is 12.1. The van der Waals surface area contributed by atoms with E-state index in [0.717, 1.165) is 0 Å². The molecular formula is C11H17N3O2. The topological polar surface area (TPSA) is 64.1 Å². The van der Waals surface area contributed by atoms with Crippen molar-refractivity contribution in [2.24, 2.45) is 0 Å². The van der Waals surface area contributed by atoms with Gasteiger partial charge in [-0.3, -0.25) is 4.79 Å². The fourth-order valence-corrected chi connectivity index (χ4v) is 1.19. The SMILES string of the molecule is CCOc1nc(C)ncc1C(=O)NC(C)C. The first-order chi connectivity index (χ1) is 7.54. The van der Waals surface area contributed by atoms with Crippen LogP contribution >= 0.6 is 0 Å². The lowest BCUT2D eigenvalue weighted by Gasteiger charge is -2.11. The molecule has 1 N–H and O–H groups in total. The molecule has 0 atom stereocenters. The van der Waals surface area contributed by atoms with E-state index in [0.29, 0.717) is 23.9 Å². The molecule has 1 aromatic heterocycles. The summed E-state index contributed by atoms with van der Waals surface area (Å²) in [6.07, 6.45) is 1.49. The first-order valence-corrected chi connectivity index (χ1v) is 5.32. The smallest absolute Gasteiger partial charge is 0.258 e. The highest BCUT2D eigenvalue weighted by Gasteiger charge is 2.15. The van der Waals surface area contributed by atoms with Gasteiger partial charge in [0.05, 0.1) is 6.61 Å². The number of ether oxygens (including phenoxy) is 1. The minimum absolute atomic E-state index is 0.0725. The first-order valence-electron chi connectivity index (χ1n) is 5.32. The van der Waals surface area contributed by atoms with Crippen LogP contribution in [0.2, 0.25) is 0 Å². The van der Waals surface area contributed by atoms with Crippen molar-refractivity contribution in [1.82, 2.24) is 15.3 Å². The van der Waals surface area contributed by atoms with Gasteiger partial charge in [-0.15, -0.1) is 0 Å². The Morgan fingerprint density at radius 3 is 2.81 bits per heavy atom. The second kappa shape index (κ2) is 5.44. The molecule has 0 aliphatic heterocycles. The van der Waals surface area contributed by atoms with E-state index in [1.54, 1.807) is 6.92 Å². The van der Waals surface area contributed by atoms with E-state index in [1.807, 2.05) is 20.8 Å². The summed E-state index contributed by atoms with van der Waals surface area (Å²) in [5, 5.41) is 2.78. The number of nitrogens with one attached hydrogen (secondary N) is 1. The maximum atomic E-state index is 11.8. The van der Waals surface area contributed by atoms with Crippen molar-refractivity contribution in [3.8, 4) is 5.88 Å². The van der Waals surface area contributed by atoms with Crippen molar-refractivity contribution in [3.05, 3.63) is 17.6 Å². The molecule has 1 aromatic rings. The van der Waals surface area contributed by atoms with Gasteiger partial charge in [0, 0.05) is 12.2 Å². The van der Waals surface area contributed by atoms with Crippen LogP contribution < -0.4 is 10.1 Å². The molecule has 5 nitrogen and oxygen atoms in total. The molecule has 0 bridgehead atoms. The van der Waals surface area contributed by atoms with Crippen LogP contribution in [0, 0.1) is 6.92 Å². The molecule has 0 spiro atoms. The number of nitrogens with zero attached hydrogens (tertiary/aromatic N) is 2. The lowest BCUT2D eigenvalue weighted by Crippen LogP contribution is -2.30. The third-order valence-corrected chi connectivity index (χ3v) is 1.82. The number of carbonyl (C=O) groups is 1. The van der Waals surface area contributed by atoms with Crippen LogP contribution in [0.25, 0.3) is 0 Å². The molecule has 0 aromatic carbocycles. The molecule has 1 rings (SSSR count). The highest BCUT2D eigenvalue weighted by atomic mass is 16.5. The van der Waals surface area contributed by atoms with Crippen molar-refractivity contribution >= 4 is 5.91 Å². The Balaban J connectivity index is 2.97. The number of carbonyl (C=O) groups excluding carboxylic acids is 1. The van der Waals surface area contributed by atoms with Gasteiger partial charge >= 0.3 is 0 Å². The average molecular weight is 223 g/mol. The number of rotatable bonds is 4. The Hall–Kier alpha value is -1.65. The van der Waals surface area contributed by atoms with Crippen LogP contribution in [-0.2, 0) is 0 Å². The third kappa shape index (κ3) is 3.18. The highest BCUT2D eigenvalue weighted by molar-refractivity contribution is 5.96. The third-order valence-electron chi connectivity index (χ3n) is 1.82. The van der Waals surface area contributed by atoms with Gasteiger partial charge in [-0.25, -0.2) is 4.98 Å². The van der Waals surface area contributed by atoms with Gasteiger partial charge in [0.1, 0.15) is 11.4 Å². The number of hydrogen-bond acceptors (Lipinski definition) is 4. The number of aromatic nitrogens is 2. The van der Waals surface area contributed by atoms with E-state index in [9.17, 15) is 4.79 Å². The van der Waals surface area contributed by atoms with Crippen molar-refractivity contribution in [3.63, 3.8) is 0 Å². The Labute approximate surface area is 95.3 Å². The molecule has 1 heterocycles. The Morgan fingerprint density at radius 2 is 2.25 bits per heavy atom. The second-order valence-corrected chi connectivity index (χ2v) is 3.70. The van der Waals surface area contributed by atoms with Crippen LogP contribution in [0.3, 0.4) is 0 Å². The van der Waals surface area contributed by atoms with Gasteiger partial charge in [-0.1, -0.05) is 0 Å². The molecule has 0 fully saturated rings. The number of aryl methyl sites for hydroxylation is 1. The number of amides is 1. The summed E-state index contributed by atoms with van der Waals surface area (Å²) < 4.78 is 5.31. The zero-order valence-electron chi connectivity index (χ0n) is 10.1. The standard InChI is InChI=1S/C11H17N3O2/c1-5-16-11-9(6-12-8(4)14-11)10(15)13-7(2)3/h6-7H,5H2,1-4H3,(H,13,15). The molecule has 1 amide bonds. The summed E-state index contributed by atoms with van der Waals surface area (Å²) in [5.41, 5.74) is 0.376. The van der Waals surface area contributed by atoms with Crippen molar-refractivity contribution in [2.45, 2.75) is 33.7 Å². The van der Waals surface area contributed by atoms with E-state index in [-0.39, 0.29) is 11.9 Å². The lowest BCUT2D eigenvalue weighted by atomic mass is 10.2. The van der Waals surface area contributed by atoms with Crippen molar-refractivity contribution in [2.75, 3.05) is 6.61 Å². The minimum atomic E-state index is -0.210. The number of hydrogen-bond donors (Lipinski definition) is 1. The fraction of sp³-hybridized carbons (Fsp3) is 0.545. The molecule has 0 saturated heterocycles. The minimum Gasteiger partial charge on any atom is -0.477 e. The molecule has 0 aliphatic carbocycles. The predicted octanol–water partition coefficient (Wildman–Crippen LogP) is 1.32. The van der Waals surface area contributed by atoms with E-state index < -0.39 is 0 Å². The van der Waals surface area contributed by atoms with E-state index in [1.165, 1.54) is 6.20 Å². The largest absolute Gasteiger partial charge is 0.477 e. The summed E-state index contributed by atoms with van der Waals surface area (Å²) >= 11 is 0. The summed E-state index contributed by atoms with van der Waals surface area (Å²) in [6, 6.07) is 0.0725. The van der Waals surface area contributed by atoms with Crippen molar-refractivity contribution in [1.29, 1.82) is 0 Å². The molecule has 88 valence electrons. The highest BCUT2D eigenvalue weighted by Crippen LogP contribution is 2.14. The maximum absolute atomic E-state index is 11.8. The molecular weight excluding hydrogens is 206 g/mol. The quantitative estimate of drug-likeness (QED) is 0.836. The fourth-order valence-electron chi connectivity index (χ4n) is 1.19. The van der Waals surface area contributed by atoms with Gasteiger partial charge in [0.15, 0.2) is 0 Å². The van der Waals surface area contributed by atoms with Crippen LogP contribution in [0.4, 0.5) is 0 Å². The summed E-state index contributed by atoms with van der Waals surface area (Å²) in [6.45, 7) is 7.87. The average Bonchev–Trinajstić information content (AvgIpc) is 2.17. The van der Waals surface area contributed by atoms with Gasteiger partial charge in [0.25, 0.3) is 5.91 Å². The molecule has 5 heteroatoms. The van der Waals surface area contributed by atoms with Crippen LogP contribution in [-0.4, -0.2) is 28.5 Å². The monoisotopic (exact) mass is 223 g/mol.